The number of carbonyl (C=O) groups is 1. The van der Waals surface area contributed by atoms with Crippen LogP contribution in [0.15, 0.2) is 42.7 Å². The molecule has 0 saturated heterocycles. The third-order valence-corrected chi connectivity index (χ3v) is 4.21. The Kier molecular flexibility index (Phi) is 4.37. The van der Waals surface area contributed by atoms with E-state index in [9.17, 15) is 4.79 Å². The van der Waals surface area contributed by atoms with Crippen LogP contribution in [-0.4, -0.2) is 24.0 Å². The van der Waals surface area contributed by atoms with Gasteiger partial charge in [-0.25, -0.2) is 0 Å². The van der Waals surface area contributed by atoms with Gasteiger partial charge in [0.05, 0.1) is 5.92 Å². The largest absolute Gasteiger partial charge is 0.383 e. The summed E-state index contributed by atoms with van der Waals surface area (Å²) in [6.07, 6.45) is 5.52. The Morgan fingerprint density at radius 1 is 1.27 bits per heavy atom. The molecule has 3 rings (SSSR count). The number of anilines is 1. The van der Waals surface area contributed by atoms with Gasteiger partial charge in [-0.1, -0.05) is 24.3 Å². The molecule has 0 aliphatic heterocycles. The third kappa shape index (κ3) is 3.11. The number of pyridine rings is 1. The smallest absolute Gasteiger partial charge is 0.227 e. The van der Waals surface area contributed by atoms with E-state index >= 15 is 0 Å². The Hall–Kier alpha value is -2.36. The van der Waals surface area contributed by atoms with Crippen molar-refractivity contribution in [2.45, 2.75) is 25.7 Å². The van der Waals surface area contributed by atoms with Gasteiger partial charge in [0.1, 0.15) is 0 Å². The van der Waals surface area contributed by atoms with Crippen molar-refractivity contribution >= 4 is 11.6 Å². The van der Waals surface area contributed by atoms with Crippen LogP contribution in [-0.2, 0) is 11.2 Å². The molecule has 0 radical (unpaired) electrons. The molecule has 1 amide bonds. The van der Waals surface area contributed by atoms with Crippen LogP contribution in [0.3, 0.4) is 0 Å². The molecule has 2 N–H and O–H groups in total. The molecule has 1 aromatic carbocycles. The summed E-state index contributed by atoms with van der Waals surface area (Å²) in [6, 6.07) is 10.2. The van der Waals surface area contributed by atoms with Gasteiger partial charge in [0.2, 0.25) is 5.91 Å². The highest BCUT2D eigenvalue weighted by atomic mass is 16.1. The fourth-order valence-corrected chi connectivity index (χ4v) is 3.01. The summed E-state index contributed by atoms with van der Waals surface area (Å²) in [5, 5.41) is 6.36. The second-order valence-electron chi connectivity index (χ2n) is 5.70. The molecule has 1 aliphatic rings. The van der Waals surface area contributed by atoms with Crippen molar-refractivity contribution in [1.29, 1.82) is 0 Å². The number of nitrogens with one attached hydrogen (secondary N) is 2. The Balaban J connectivity index is 1.49. The number of nitrogens with zero attached hydrogens (tertiary/aromatic N) is 1. The molecule has 114 valence electrons. The van der Waals surface area contributed by atoms with Crippen LogP contribution in [0.4, 0.5) is 5.69 Å². The molecule has 22 heavy (non-hydrogen) atoms. The summed E-state index contributed by atoms with van der Waals surface area (Å²) >= 11 is 0. The first-order valence-electron chi connectivity index (χ1n) is 7.75. The summed E-state index contributed by atoms with van der Waals surface area (Å²) in [6.45, 7) is 3.35. The van der Waals surface area contributed by atoms with Crippen LogP contribution in [0.1, 0.15) is 29.0 Å². The van der Waals surface area contributed by atoms with Gasteiger partial charge in [0.15, 0.2) is 0 Å². The minimum atomic E-state index is 0.0128. The average Bonchev–Trinajstić information content (AvgIpc) is 2.97. The Morgan fingerprint density at radius 2 is 2.14 bits per heavy atom. The predicted octanol–water partition coefficient (Wildman–Crippen LogP) is 2.65. The van der Waals surface area contributed by atoms with E-state index in [1.165, 1.54) is 11.1 Å². The number of amides is 1. The first kappa shape index (κ1) is 14.6. The van der Waals surface area contributed by atoms with E-state index in [0.29, 0.717) is 13.1 Å². The van der Waals surface area contributed by atoms with E-state index in [4.69, 9.17) is 0 Å². The average molecular weight is 295 g/mol. The first-order valence-corrected chi connectivity index (χ1v) is 7.75. The van der Waals surface area contributed by atoms with Crippen LogP contribution in [0, 0.1) is 6.92 Å². The summed E-state index contributed by atoms with van der Waals surface area (Å²) in [5.74, 6) is 0.150. The highest BCUT2D eigenvalue weighted by Crippen LogP contribution is 2.32. The first-order chi connectivity index (χ1) is 10.8. The van der Waals surface area contributed by atoms with Crippen LogP contribution in [0.2, 0.25) is 0 Å². The summed E-state index contributed by atoms with van der Waals surface area (Å²) in [7, 11) is 0. The van der Waals surface area contributed by atoms with Gasteiger partial charge in [0.25, 0.3) is 0 Å². The predicted molar refractivity (Wildman–Crippen MR) is 88.0 cm³/mol. The second-order valence-corrected chi connectivity index (χ2v) is 5.70. The maximum absolute atomic E-state index is 12.3. The van der Waals surface area contributed by atoms with Gasteiger partial charge in [-0.2, -0.15) is 0 Å². The molecule has 2 aromatic rings. The van der Waals surface area contributed by atoms with E-state index in [1.807, 2.05) is 31.3 Å². The van der Waals surface area contributed by atoms with Gasteiger partial charge >= 0.3 is 0 Å². The number of hydrogen-bond acceptors (Lipinski definition) is 3. The summed E-state index contributed by atoms with van der Waals surface area (Å²) in [4.78, 5) is 16.4. The Labute approximate surface area is 131 Å². The fraction of sp³-hybridized carbons (Fsp3) is 0.333. The molecule has 1 aliphatic carbocycles. The molecule has 0 fully saturated rings. The Morgan fingerprint density at radius 3 is 3.00 bits per heavy atom. The van der Waals surface area contributed by atoms with Crippen molar-refractivity contribution in [2.24, 2.45) is 0 Å². The minimum absolute atomic E-state index is 0.0128. The van der Waals surface area contributed by atoms with E-state index < -0.39 is 0 Å². The van der Waals surface area contributed by atoms with Gasteiger partial charge in [-0.3, -0.25) is 9.78 Å². The van der Waals surface area contributed by atoms with Gasteiger partial charge < -0.3 is 10.6 Å². The second kappa shape index (κ2) is 6.60. The molecule has 0 unspecified atom stereocenters. The van der Waals surface area contributed by atoms with Crippen molar-refractivity contribution < 1.29 is 4.79 Å². The lowest BCUT2D eigenvalue weighted by Gasteiger charge is -2.13. The summed E-state index contributed by atoms with van der Waals surface area (Å²) in [5.41, 5.74) is 4.68. The SMILES string of the molecule is Cc1cnccc1NCCNC(=O)[C@@H]1CCc2ccccc21. The van der Waals surface area contributed by atoms with Crippen LogP contribution >= 0.6 is 0 Å². The quantitative estimate of drug-likeness (QED) is 0.834. The number of benzene rings is 1. The number of carbonyl (C=O) groups excluding carboxylic acids is 1. The molecule has 0 saturated carbocycles. The molecule has 0 spiro atoms. The van der Waals surface area contributed by atoms with Gasteiger partial charge in [-0.05, 0) is 42.5 Å². The number of aryl methyl sites for hydroxylation is 2. The molecule has 0 bridgehead atoms. The number of hydrogen-bond donors (Lipinski definition) is 2. The third-order valence-electron chi connectivity index (χ3n) is 4.21. The topological polar surface area (TPSA) is 54.0 Å². The molecule has 4 heteroatoms. The lowest BCUT2D eigenvalue weighted by atomic mass is 10.0. The van der Waals surface area contributed by atoms with Crippen molar-refractivity contribution in [1.82, 2.24) is 10.3 Å². The number of fused-ring (bicyclic) bond motifs is 1. The fourth-order valence-electron chi connectivity index (χ4n) is 3.01. The zero-order valence-corrected chi connectivity index (χ0v) is 12.8. The lowest BCUT2D eigenvalue weighted by molar-refractivity contribution is -0.122. The van der Waals surface area contributed by atoms with E-state index in [2.05, 4.69) is 27.8 Å². The molecule has 4 nitrogen and oxygen atoms in total. The van der Waals surface area contributed by atoms with Crippen LogP contribution < -0.4 is 10.6 Å². The standard InChI is InChI=1S/C18H21N3O/c1-13-12-19-9-8-17(13)20-10-11-21-18(22)16-7-6-14-4-2-3-5-15(14)16/h2-5,8-9,12,16H,6-7,10-11H2,1H3,(H,19,20)(H,21,22)/t16-/m1/s1. The zero-order valence-electron chi connectivity index (χ0n) is 12.8. The number of aromatic nitrogens is 1. The van der Waals surface area contributed by atoms with Gasteiger partial charge in [-0.15, -0.1) is 0 Å². The molecular formula is C18H21N3O. The monoisotopic (exact) mass is 295 g/mol. The maximum atomic E-state index is 12.3. The molecule has 1 heterocycles. The molecule has 1 aromatic heterocycles. The Bertz CT molecular complexity index is 669. The van der Waals surface area contributed by atoms with Crippen molar-refractivity contribution in [3.05, 3.63) is 59.4 Å². The van der Waals surface area contributed by atoms with Crippen LogP contribution in [0.5, 0.6) is 0 Å². The number of rotatable bonds is 5. The zero-order chi connectivity index (χ0) is 15.4. The lowest BCUT2D eigenvalue weighted by Crippen LogP contribution is -2.32. The highest BCUT2D eigenvalue weighted by Gasteiger charge is 2.27. The van der Waals surface area contributed by atoms with Crippen molar-refractivity contribution in [3.8, 4) is 0 Å². The maximum Gasteiger partial charge on any atom is 0.227 e. The van der Waals surface area contributed by atoms with Gasteiger partial charge in [0, 0.05) is 31.2 Å². The minimum Gasteiger partial charge on any atom is -0.383 e. The van der Waals surface area contributed by atoms with Crippen molar-refractivity contribution in [3.63, 3.8) is 0 Å². The van der Waals surface area contributed by atoms with Crippen molar-refractivity contribution in [2.75, 3.05) is 18.4 Å². The molecule has 1 atom stereocenters. The normalized spacial score (nSPS) is 16.1. The van der Waals surface area contributed by atoms with E-state index in [-0.39, 0.29) is 11.8 Å². The van der Waals surface area contributed by atoms with E-state index in [1.54, 1.807) is 6.20 Å². The molecular weight excluding hydrogens is 274 g/mol. The van der Waals surface area contributed by atoms with Crippen LogP contribution in [0.25, 0.3) is 0 Å². The summed E-state index contributed by atoms with van der Waals surface area (Å²) < 4.78 is 0. The highest BCUT2D eigenvalue weighted by molar-refractivity contribution is 5.84. The van der Waals surface area contributed by atoms with E-state index in [0.717, 1.165) is 24.1 Å².